The van der Waals surface area contributed by atoms with Gasteiger partial charge in [0.05, 0.1) is 11.1 Å². The number of allylic oxidation sites excluding steroid dienone is 1. The highest BCUT2D eigenvalue weighted by molar-refractivity contribution is 5.91. The van der Waals surface area contributed by atoms with E-state index in [1.165, 1.54) is 0 Å². The summed E-state index contributed by atoms with van der Waals surface area (Å²) in [6.45, 7) is 1.76. The third-order valence-corrected chi connectivity index (χ3v) is 3.71. The summed E-state index contributed by atoms with van der Waals surface area (Å²) in [6, 6.07) is 8.82. The van der Waals surface area contributed by atoms with Gasteiger partial charge in [-0.1, -0.05) is 30.3 Å². The summed E-state index contributed by atoms with van der Waals surface area (Å²) >= 11 is 0. The molecule has 0 aliphatic heterocycles. The molecule has 3 N–H and O–H groups in total. The van der Waals surface area contributed by atoms with Crippen LogP contribution in [0, 0.1) is 5.41 Å². The van der Waals surface area contributed by atoms with Crippen LogP contribution < -0.4 is 11.1 Å². The van der Waals surface area contributed by atoms with Gasteiger partial charge in [0.25, 0.3) is 5.91 Å². The first-order chi connectivity index (χ1) is 9.75. The van der Waals surface area contributed by atoms with Crippen LogP contribution in [0.5, 0.6) is 0 Å². The van der Waals surface area contributed by atoms with Gasteiger partial charge < -0.3 is 11.1 Å². The van der Waals surface area contributed by atoms with Crippen LogP contribution in [-0.2, 0) is 4.79 Å². The Kier molecular flexibility index (Phi) is 3.98. The predicted octanol–water partition coefficient (Wildman–Crippen LogP) is 3.05. The van der Waals surface area contributed by atoms with E-state index in [4.69, 9.17) is 5.73 Å². The quantitative estimate of drug-likeness (QED) is 0.821. The van der Waals surface area contributed by atoms with Crippen LogP contribution >= 0.6 is 0 Å². The van der Waals surface area contributed by atoms with Crippen molar-refractivity contribution in [3.63, 3.8) is 0 Å². The lowest BCUT2D eigenvalue weighted by atomic mass is 10.0. The SMILES string of the molecule is C[C@@H](NC(=CC1(C(F)(F)F)CC1)C(N)=O)c1ccccc1. The zero-order chi connectivity index (χ0) is 15.7. The average molecular weight is 298 g/mol. The Balaban J connectivity index is 2.20. The van der Waals surface area contributed by atoms with Gasteiger partial charge >= 0.3 is 6.18 Å². The summed E-state index contributed by atoms with van der Waals surface area (Å²) in [7, 11) is 0. The molecule has 1 saturated carbocycles. The highest BCUT2D eigenvalue weighted by Crippen LogP contribution is 2.59. The summed E-state index contributed by atoms with van der Waals surface area (Å²) in [4.78, 5) is 11.4. The molecule has 21 heavy (non-hydrogen) atoms. The van der Waals surface area contributed by atoms with E-state index in [0.29, 0.717) is 0 Å². The van der Waals surface area contributed by atoms with Gasteiger partial charge in [0, 0.05) is 6.04 Å². The van der Waals surface area contributed by atoms with Gasteiger partial charge in [-0.15, -0.1) is 0 Å². The molecule has 3 nitrogen and oxygen atoms in total. The lowest BCUT2D eigenvalue weighted by Gasteiger charge is -2.20. The van der Waals surface area contributed by atoms with Gasteiger partial charge in [-0.2, -0.15) is 13.2 Å². The summed E-state index contributed by atoms with van der Waals surface area (Å²) in [5.41, 5.74) is 3.99. The molecule has 1 atom stereocenters. The monoisotopic (exact) mass is 298 g/mol. The third kappa shape index (κ3) is 3.37. The number of carbonyl (C=O) groups excluding carboxylic acids is 1. The number of alkyl halides is 3. The van der Waals surface area contributed by atoms with E-state index >= 15 is 0 Å². The molecule has 0 saturated heterocycles. The zero-order valence-corrected chi connectivity index (χ0v) is 11.6. The standard InChI is InChI=1S/C15H17F3N2O/c1-10(11-5-3-2-4-6-11)20-12(13(19)21)9-14(7-8-14)15(16,17)18/h2-6,9-10,20H,7-8H2,1H3,(H2,19,21)/t10-/m1/s1. The van der Waals surface area contributed by atoms with Crippen LogP contribution in [0.25, 0.3) is 0 Å². The first-order valence-electron chi connectivity index (χ1n) is 6.66. The molecule has 114 valence electrons. The van der Waals surface area contributed by atoms with Gasteiger partial charge in [-0.25, -0.2) is 0 Å². The van der Waals surface area contributed by atoms with Crippen molar-refractivity contribution in [2.45, 2.75) is 32.0 Å². The molecule has 1 aromatic carbocycles. The number of benzene rings is 1. The maximum absolute atomic E-state index is 13.0. The van der Waals surface area contributed by atoms with E-state index < -0.39 is 17.5 Å². The second-order valence-corrected chi connectivity index (χ2v) is 5.35. The summed E-state index contributed by atoms with van der Waals surface area (Å²) in [5.74, 6) is -0.881. The molecule has 1 amide bonds. The molecule has 6 heteroatoms. The van der Waals surface area contributed by atoms with Gasteiger partial charge in [0.2, 0.25) is 0 Å². The van der Waals surface area contributed by atoms with Crippen molar-refractivity contribution < 1.29 is 18.0 Å². The van der Waals surface area contributed by atoms with Crippen molar-refractivity contribution in [3.8, 4) is 0 Å². The minimum Gasteiger partial charge on any atom is -0.374 e. The molecule has 2 rings (SSSR count). The van der Waals surface area contributed by atoms with Crippen molar-refractivity contribution in [2.24, 2.45) is 11.1 Å². The molecule has 1 aliphatic rings. The van der Waals surface area contributed by atoms with Gasteiger partial charge in [-0.05, 0) is 31.4 Å². The number of primary amides is 1. The fraction of sp³-hybridized carbons (Fsp3) is 0.400. The van der Waals surface area contributed by atoms with Crippen LogP contribution in [0.1, 0.15) is 31.4 Å². The topological polar surface area (TPSA) is 55.1 Å². The lowest BCUT2D eigenvalue weighted by Crippen LogP contribution is -2.32. The first kappa shape index (κ1) is 15.4. The minimum absolute atomic E-state index is 0.00528. The second-order valence-electron chi connectivity index (χ2n) is 5.35. The normalized spacial score (nSPS) is 19.0. The van der Waals surface area contributed by atoms with Crippen LogP contribution in [-0.4, -0.2) is 12.1 Å². The van der Waals surface area contributed by atoms with Crippen LogP contribution in [0.15, 0.2) is 42.1 Å². The highest BCUT2D eigenvalue weighted by Gasteiger charge is 2.62. The van der Waals surface area contributed by atoms with Gasteiger partial charge in [0.1, 0.15) is 0 Å². The minimum atomic E-state index is -4.36. The Morgan fingerprint density at radius 3 is 2.33 bits per heavy atom. The number of hydrogen-bond acceptors (Lipinski definition) is 2. The van der Waals surface area contributed by atoms with E-state index in [1.807, 2.05) is 30.3 Å². The van der Waals surface area contributed by atoms with E-state index in [0.717, 1.165) is 11.6 Å². The second kappa shape index (κ2) is 5.42. The summed E-state index contributed by atoms with van der Waals surface area (Å²) in [5, 5.41) is 2.79. The zero-order valence-electron chi connectivity index (χ0n) is 11.6. The molecular formula is C15H17F3N2O. The Morgan fingerprint density at radius 1 is 1.33 bits per heavy atom. The Labute approximate surface area is 121 Å². The van der Waals surface area contributed by atoms with E-state index in [9.17, 15) is 18.0 Å². The number of hydrogen-bond donors (Lipinski definition) is 2. The molecule has 0 radical (unpaired) electrons. The number of amides is 1. The summed E-state index contributed by atoms with van der Waals surface area (Å²) in [6.07, 6.45) is -3.43. The van der Waals surface area contributed by atoms with Gasteiger partial charge in [0.15, 0.2) is 0 Å². The Bertz CT molecular complexity index is 548. The number of nitrogens with two attached hydrogens (primary N) is 1. The van der Waals surface area contributed by atoms with Crippen molar-refractivity contribution in [1.82, 2.24) is 5.32 Å². The third-order valence-electron chi connectivity index (χ3n) is 3.71. The molecule has 0 bridgehead atoms. The summed E-state index contributed by atoms with van der Waals surface area (Å²) < 4.78 is 38.9. The molecule has 0 heterocycles. The Morgan fingerprint density at radius 2 is 1.90 bits per heavy atom. The first-order valence-corrected chi connectivity index (χ1v) is 6.66. The molecular weight excluding hydrogens is 281 g/mol. The molecule has 1 aromatic rings. The van der Waals surface area contributed by atoms with Gasteiger partial charge in [-0.3, -0.25) is 4.79 Å². The van der Waals surface area contributed by atoms with E-state index in [1.54, 1.807) is 6.92 Å². The van der Waals surface area contributed by atoms with Crippen LogP contribution in [0.3, 0.4) is 0 Å². The van der Waals surface area contributed by atoms with Crippen LogP contribution in [0.4, 0.5) is 13.2 Å². The Hall–Kier alpha value is -1.98. The number of halogens is 3. The van der Waals surface area contributed by atoms with Crippen molar-refractivity contribution in [3.05, 3.63) is 47.7 Å². The predicted molar refractivity (Wildman–Crippen MR) is 73.0 cm³/mol. The molecule has 0 aromatic heterocycles. The molecule has 1 fully saturated rings. The fourth-order valence-corrected chi connectivity index (χ4v) is 2.16. The average Bonchev–Trinajstić information content (AvgIpc) is 3.19. The molecule has 0 unspecified atom stereocenters. The number of carbonyl (C=O) groups is 1. The number of nitrogens with one attached hydrogen (secondary N) is 1. The maximum Gasteiger partial charge on any atom is 0.397 e. The molecule has 1 aliphatic carbocycles. The van der Waals surface area contributed by atoms with Crippen molar-refractivity contribution in [1.29, 1.82) is 0 Å². The molecule has 0 spiro atoms. The van der Waals surface area contributed by atoms with Crippen LogP contribution in [0.2, 0.25) is 0 Å². The smallest absolute Gasteiger partial charge is 0.374 e. The van der Waals surface area contributed by atoms with E-state index in [2.05, 4.69) is 5.32 Å². The number of rotatable bonds is 5. The van der Waals surface area contributed by atoms with E-state index in [-0.39, 0.29) is 24.6 Å². The largest absolute Gasteiger partial charge is 0.397 e. The van der Waals surface area contributed by atoms with Crippen molar-refractivity contribution in [2.75, 3.05) is 0 Å². The highest BCUT2D eigenvalue weighted by atomic mass is 19.4. The van der Waals surface area contributed by atoms with Crippen molar-refractivity contribution >= 4 is 5.91 Å². The fourth-order valence-electron chi connectivity index (χ4n) is 2.16. The maximum atomic E-state index is 13.0. The lowest BCUT2D eigenvalue weighted by molar-refractivity contribution is -0.172.